The fourth-order valence-electron chi connectivity index (χ4n) is 4.44. The lowest BCUT2D eigenvalue weighted by molar-refractivity contribution is -0.133. The van der Waals surface area contributed by atoms with Crippen molar-refractivity contribution in [2.75, 3.05) is 13.3 Å². The Kier molecular flexibility index (Phi) is 6.78. The maximum atomic E-state index is 13.2. The number of rotatable bonds is 6. The molecular formula is C24H31N5O3S. The fraction of sp³-hybridized carbons (Fsp3) is 0.500. The van der Waals surface area contributed by atoms with E-state index in [9.17, 15) is 14.4 Å². The zero-order valence-electron chi connectivity index (χ0n) is 19.4. The van der Waals surface area contributed by atoms with Gasteiger partial charge < -0.3 is 15.5 Å². The molecular weight excluding hydrogens is 438 g/mol. The van der Waals surface area contributed by atoms with Crippen molar-refractivity contribution in [2.24, 2.45) is 0 Å². The van der Waals surface area contributed by atoms with Crippen molar-refractivity contribution in [3.63, 3.8) is 0 Å². The van der Waals surface area contributed by atoms with Crippen LogP contribution in [0.5, 0.6) is 0 Å². The number of amides is 3. The third-order valence-corrected chi connectivity index (χ3v) is 7.52. The van der Waals surface area contributed by atoms with Gasteiger partial charge in [-0.3, -0.25) is 19.1 Å². The number of carbonyl (C=O) groups excluding carboxylic acids is 3. The van der Waals surface area contributed by atoms with E-state index in [1.165, 1.54) is 22.1 Å². The first kappa shape index (κ1) is 23.4. The first-order chi connectivity index (χ1) is 15.8. The Hall–Kier alpha value is -2.81. The van der Waals surface area contributed by atoms with Crippen LogP contribution in [0.3, 0.4) is 0 Å². The van der Waals surface area contributed by atoms with Crippen LogP contribution in [0, 0.1) is 0 Å². The molecule has 0 saturated heterocycles. The van der Waals surface area contributed by atoms with Crippen molar-refractivity contribution >= 4 is 29.5 Å². The Morgan fingerprint density at radius 1 is 1.18 bits per heavy atom. The van der Waals surface area contributed by atoms with Gasteiger partial charge in [-0.15, -0.1) is 11.8 Å². The molecule has 33 heavy (non-hydrogen) atoms. The summed E-state index contributed by atoms with van der Waals surface area (Å²) < 4.78 is 1.49. The van der Waals surface area contributed by atoms with Crippen LogP contribution in [-0.2, 0) is 17.9 Å². The molecule has 2 N–H and O–H groups in total. The summed E-state index contributed by atoms with van der Waals surface area (Å²) in [7, 11) is 1.64. The molecule has 9 heteroatoms. The number of nitrogens with zero attached hydrogens (tertiary/aromatic N) is 3. The molecule has 1 aromatic heterocycles. The van der Waals surface area contributed by atoms with Crippen LogP contribution < -0.4 is 10.6 Å². The van der Waals surface area contributed by atoms with Gasteiger partial charge in [-0.2, -0.15) is 5.10 Å². The van der Waals surface area contributed by atoms with E-state index in [1.54, 1.807) is 25.7 Å². The van der Waals surface area contributed by atoms with Crippen LogP contribution in [-0.4, -0.2) is 57.3 Å². The van der Waals surface area contributed by atoms with E-state index in [0.29, 0.717) is 12.2 Å². The number of fused-ring (bicyclic) bond motifs is 1. The molecule has 4 rings (SSSR count). The fourth-order valence-corrected chi connectivity index (χ4v) is 4.85. The van der Waals surface area contributed by atoms with Gasteiger partial charge in [0.1, 0.15) is 11.2 Å². The summed E-state index contributed by atoms with van der Waals surface area (Å²) in [5.74, 6) is -0.845. The number of likely N-dealkylation sites (N-methyl/N-ethyl adjacent to an activating group) is 1. The number of nitrogens with one attached hydrogen (secondary N) is 2. The molecule has 2 heterocycles. The average Bonchev–Trinajstić information content (AvgIpc) is 3.26. The van der Waals surface area contributed by atoms with Gasteiger partial charge in [0.05, 0.1) is 6.54 Å². The topological polar surface area (TPSA) is 96.3 Å². The number of aromatic nitrogens is 2. The highest BCUT2D eigenvalue weighted by molar-refractivity contribution is 7.98. The molecule has 1 aliphatic carbocycles. The molecule has 0 radical (unpaired) electrons. The van der Waals surface area contributed by atoms with Crippen LogP contribution in [0.4, 0.5) is 0 Å². The third-order valence-electron chi connectivity index (χ3n) is 6.78. The molecule has 2 aromatic rings. The molecule has 0 spiro atoms. The Bertz CT molecular complexity index is 1040. The van der Waals surface area contributed by atoms with Crippen molar-refractivity contribution in [2.45, 2.75) is 68.6 Å². The summed E-state index contributed by atoms with van der Waals surface area (Å²) >= 11 is 1.66. The second-order valence-corrected chi connectivity index (χ2v) is 9.93. The first-order valence-corrected chi connectivity index (χ1v) is 12.6. The lowest BCUT2D eigenvalue weighted by Crippen LogP contribution is -2.63. The minimum Gasteiger partial charge on any atom is -0.351 e. The third kappa shape index (κ3) is 4.78. The van der Waals surface area contributed by atoms with E-state index >= 15 is 0 Å². The Morgan fingerprint density at radius 3 is 2.55 bits per heavy atom. The molecule has 1 aromatic carbocycles. The molecule has 176 valence electrons. The molecule has 1 atom stereocenters. The lowest BCUT2D eigenvalue weighted by atomic mass is 9.92. The van der Waals surface area contributed by atoms with Crippen molar-refractivity contribution in [1.29, 1.82) is 0 Å². The maximum Gasteiger partial charge on any atom is 0.272 e. The lowest BCUT2D eigenvalue weighted by Gasteiger charge is -2.41. The van der Waals surface area contributed by atoms with Crippen molar-refractivity contribution in [3.05, 3.63) is 47.3 Å². The number of carbonyl (C=O) groups is 3. The summed E-state index contributed by atoms with van der Waals surface area (Å²) in [5.41, 5.74) is 0.396. The van der Waals surface area contributed by atoms with Crippen molar-refractivity contribution < 1.29 is 14.4 Å². The van der Waals surface area contributed by atoms with E-state index < -0.39 is 5.54 Å². The van der Waals surface area contributed by atoms with Crippen molar-refractivity contribution in [3.8, 4) is 0 Å². The molecule has 3 amide bonds. The van der Waals surface area contributed by atoms with E-state index in [1.807, 2.05) is 30.5 Å². The van der Waals surface area contributed by atoms with E-state index in [0.717, 1.165) is 36.1 Å². The normalized spacial score (nSPS) is 20.9. The van der Waals surface area contributed by atoms with Crippen LogP contribution in [0.1, 0.15) is 65.6 Å². The Morgan fingerprint density at radius 2 is 1.88 bits per heavy atom. The number of hydrogen-bond donors (Lipinski definition) is 2. The van der Waals surface area contributed by atoms with Gasteiger partial charge in [-0.25, -0.2) is 0 Å². The minimum absolute atomic E-state index is 0.150. The number of thioether (sulfide) groups is 1. The van der Waals surface area contributed by atoms with Crippen LogP contribution in [0.15, 0.2) is 35.2 Å². The van der Waals surface area contributed by atoms with Gasteiger partial charge in [0.15, 0.2) is 5.69 Å². The quantitative estimate of drug-likeness (QED) is 0.635. The number of benzene rings is 1. The second kappa shape index (κ2) is 9.59. The van der Waals surface area contributed by atoms with Crippen molar-refractivity contribution in [1.82, 2.24) is 25.3 Å². The first-order valence-electron chi connectivity index (χ1n) is 11.4. The van der Waals surface area contributed by atoms with Gasteiger partial charge in [-0.1, -0.05) is 31.4 Å². The monoisotopic (exact) mass is 469 g/mol. The molecule has 1 fully saturated rings. The second-order valence-electron chi connectivity index (χ2n) is 9.05. The molecule has 1 saturated carbocycles. The zero-order chi connectivity index (χ0) is 23.6. The Labute approximate surface area is 198 Å². The standard InChI is InChI=1S/C24H31N5O3S/c1-24(23(32)26-17-7-5-4-6-8-17)15-29-20(22(31)28(24)2)13-19(27-29)21(30)25-14-16-9-11-18(33-3)12-10-16/h9-13,17H,4-8,14-15H2,1-3H3,(H,25,30)(H,26,32). The number of hydrogen-bond acceptors (Lipinski definition) is 5. The maximum absolute atomic E-state index is 13.2. The highest BCUT2D eigenvalue weighted by atomic mass is 32.2. The summed E-state index contributed by atoms with van der Waals surface area (Å²) in [4.78, 5) is 41.6. The van der Waals surface area contributed by atoms with E-state index in [-0.39, 0.29) is 36.0 Å². The highest BCUT2D eigenvalue weighted by Crippen LogP contribution is 2.27. The summed E-state index contributed by atoms with van der Waals surface area (Å²) in [6, 6.07) is 9.61. The molecule has 1 aliphatic heterocycles. The van der Waals surface area contributed by atoms with E-state index in [2.05, 4.69) is 15.7 Å². The predicted molar refractivity (Wildman–Crippen MR) is 127 cm³/mol. The SMILES string of the molecule is CSc1ccc(CNC(=O)c2cc3n(n2)CC(C)(C(=O)NC2CCCCC2)N(C)C3=O)cc1. The smallest absolute Gasteiger partial charge is 0.272 e. The highest BCUT2D eigenvalue weighted by Gasteiger charge is 2.46. The van der Waals surface area contributed by atoms with Crippen LogP contribution in [0.25, 0.3) is 0 Å². The molecule has 8 nitrogen and oxygen atoms in total. The molecule has 1 unspecified atom stereocenters. The van der Waals surface area contributed by atoms with Gasteiger partial charge in [0.25, 0.3) is 11.8 Å². The summed E-state index contributed by atoms with van der Waals surface area (Å²) in [6.45, 7) is 2.32. The largest absolute Gasteiger partial charge is 0.351 e. The van der Waals surface area contributed by atoms with Gasteiger partial charge in [0.2, 0.25) is 5.91 Å². The predicted octanol–water partition coefficient (Wildman–Crippen LogP) is 2.83. The zero-order valence-corrected chi connectivity index (χ0v) is 20.2. The van der Waals surface area contributed by atoms with E-state index in [4.69, 9.17) is 0 Å². The summed E-state index contributed by atoms with van der Waals surface area (Å²) in [5, 5.41) is 10.4. The van der Waals surface area contributed by atoms with Crippen LogP contribution in [0.2, 0.25) is 0 Å². The summed E-state index contributed by atoms with van der Waals surface area (Å²) in [6.07, 6.45) is 7.38. The molecule has 0 bridgehead atoms. The minimum atomic E-state index is -1.07. The van der Waals surface area contributed by atoms with Gasteiger partial charge in [-0.05, 0) is 43.7 Å². The molecule has 2 aliphatic rings. The average molecular weight is 470 g/mol. The van der Waals surface area contributed by atoms with Gasteiger partial charge >= 0.3 is 0 Å². The Balaban J connectivity index is 1.45. The van der Waals surface area contributed by atoms with Gasteiger partial charge in [0, 0.05) is 30.6 Å². The van der Waals surface area contributed by atoms with Crippen LogP contribution >= 0.6 is 11.8 Å².